The fraction of sp³-hybridized carbons (Fsp3) is 0.600. The molecule has 0 atom stereocenters. The maximum absolute atomic E-state index is 11.3. The lowest BCUT2D eigenvalue weighted by Gasteiger charge is -2.19. The summed E-state index contributed by atoms with van der Waals surface area (Å²) in [5, 5.41) is 14.9. The first-order valence-electron chi connectivity index (χ1n) is 5.49. The van der Waals surface area contributed by atoms with Gasteiger partial charge in [0.1, 0.15) is 12.7 Å². The van der Waals surface area contributed by atoms with Gasteiger partial charge >= 0.3 is 11.7 Å². The molecule has 8 heteroatoms. The number of carbonyl (C=O) groups is 1. The van der Waals surface area contributed by atoms with E-state index in [0.29, 0.717) is 6.54 Å². The molecule has 0 aliphatic rings. The van der Waals surface area contributed by atoms with Crippen molar-refractivity contribution in [2.75, 3.05) is 25.1 Å². The van der Waals surface area contributed by atoms with Gasteiger partial charge in [-0.15, -0.1) is 5.10 Å². The Bertz CT molecular complexity index is 443. The second-order valence-corrected chi connectivity index (χ2v) is 3.77. The number of hydrogen-bond acceptors (Lipinski definition) is 6. The van der Waals surface area contributed by atoms with E-state index < -0.39 is 10.9 Å². The van der Waals surface area contributed by atoms with E-state index in [2.05, 4.69) is 9.84 Å². The summed E-state index contributed by atoms with van der Waals surface area (Å²) in [7, 11) is 2.87. The van der Waals surface area contributed by atoms with Gasteiger partial charge in [-0.1, -0.05) is 6.92 Å². The minimum absolute atomic E-state index is 0.0534. The maximum atomic E-state index is 11.3. The van der Waals surface area contributed by atoms with Crippen LogP contribution < -0.4 is 4.90 Å². The second-order valence-electron chi connectivity index (χ2n) is 3.77. The van der Waals surface area contributed by atoms with Crippen molar-refractivity contribution in [3.8, 4) is 0 Å². The summed E-state index contributed by atoms with van der Waals surface area (Å²) in [5.74, 6) is -0.266. The van der Waals surface area contributed by atoms with Crippen LogP contribution in [0, 0.1) is 10.1 Å². The first kappa shape index (κ1) is 13.9. The molecular formula is C10H16N4O4. The Kier molecular flexibility index (Phi) is 4.64. The fourth-order valence-electron chi connectivity index (χ4n) is 1.57. The highest BCUT2D eigenvalue weighted by Crippen LogP contribution is 2.25. The fourth-order valence-corrected chi connectivity index (χ4v) is 1.57. The van der Waals surface area contributed by atoms with Gasteiger partial charge < -0.3 is 9.64 Å². The molecule has 0 radical (unpaired) electrons. The summed E-state index contributed by atoms with van der Waals surface area (Å²) in [6.45, 7) is 2.36. The Hall–Kier alpha value is -2.12. The summed E-state index contributed by atoms with van der Waals surface area (Å²) >= 11 is 0. The third-order valence-corrected chi connectivity index (χ3v) is 2.33. The number of aryl methyl sites for hydroxylation is 1. The number of ether oxygens (including phenoxy) is 1. The van der Waals surface area contributed by atoms with E-state index in [9.17, 15) is 14.9 Å². The van der Waals surface area contributed by atoms with Crippen LogP contribution in [0.1, 0.15) is 13.3 Å². The first-order valence-corrected chi connectivity index (χ1v) is 5.49. The van der Waals surface area contributed by atoms with E-state index in [-0.39, 0.29) is 18.1 Å². The summed E-state index contributed by atoms with van der Waals surface area (Å²) in [4.78, 5) is 23.2. The van der Waals surface area contributed by atoms with Gasteiger partial charge in [0.05, 0.1) is 12.0 Å². The zero-order valence-corrected chi connectivity index (χ0v) is 10.6. The molecule has 0 aliphatic heterocycles. The zero-order chi connectivity index (χ0) is 13.7. The van der Waals surface area contributed by atoms with E-state index in [1.54, 1.807) is 11.9 Å². The highest BCUT2D eigenvalue weighted by Gasteiger charge is 2.25. The van der Waals surface area contributed by atoms with Gasteiger partial charge in [-0.3, -0.25) is 19.6 Å². The molecule has 0 unspecified atom stereocenters. The van der Waals surface area contributed by atoms with Gasteiger partial charge in [-0.2, -0.15) is 0 Å². The van der Waals surface area contributed by atoms with Crippen molar-refractivity contribution in [1.29, 1.82) is 0 Å². The molecule has 1 rings (SSSR count). The highest BCUT2D eigenvalue weighted by molar-refractivity contribution is 5.76. The number of nitro groups is 1. The van der Waals surface area contributed by atoms with E-state index in [4.69, 9.17) is 0 Å². The smallest absolute Gasteiger partial charge is 0.330 e. The largest absolute Gasteiger partial charge is 0.468 e. The quantitative estimate of drug-likeness (QED) is 0.423. The van der Waals surface area contributed by atoms with Crippen molar-refractivity contribution in [3.05, 3.63) is 16.3 Å². The summed E-state index contributed by atoms with van der Waals surface area (Å²) in [6.07, 6.45) is 2.06. The topological polar surface area (TPSA) is 90.5 Å². The summed E-state index contributed by atoms with van der Waals surface area (Å²) in [5.41, 5.74) is -0.116. The van der Waals surface area contributed by atoms with Gasteiger partial charge in [0.15, 0.2) is 0 Å². The van der Waals surface area contributed by atoms with Crippen LogP contribution in [-0.2, 0) is 16.6 Å². The summed E-state index contributed by atoms with van der Waals surface area (Å²) in [6, 6.07) is 0. The van der Waals surface area contributed by atoms with Crippen molar-refractivity contribution in [2.45, 2.75) is 13.3 Å². The molecule has 1 heterocycles. The molecule has 1 aromatic rings. The van der Waals surface area contributed by atoms with Gasteiger partial charge in [0, 0.05) is 13.6 Å². The third-order valence-electron chi connectivity index (χ3n) is 2.33. The average molecular weight is 256 g/mol. The number of methoxy groups -OCH3 is 1. The standard InChI is InChI=1S/C10H16N4O4/c1-4-5-13(7-9(15)18-3)10-8(14(16)17)6-12(2)11-10/h6H,4-5,7H2,1-3H3. The number of hydrogen-bond donors (Lipinski definition) is 0. The number of rotatable bonds is 6. The van der Waals surface area contributed by atoms with Gasteiger partial charge in [0.25, 0.3) is 0 Å². The molecule has 0 saturated heterocycles. The predicted molar refractivity (Wildman–Crippen MR) is 64.4 cm³/mol. The minimum atomic E-state index is -0.512. The van der Waals surface area contributed by atoms with Crippen LogP contribution in [0.4, 0.5) is 11.5 Å². The SMILES string of the molecule is CCCN(CC(=O)OC)c1nn(C)cc1[N+](=O)[O-]. The normalized spacial score (nSPS) is 10.2. The molecule has 0 amide bonds. The van der Waals surface area contributed by atoms with Gasteiger partial charge in [-0.05, 0) is 6.42 Å². The Morgan fingerprint density at radius 1 is 1.67 bits per heavy atom. The second kappa shape index (κ2) is 5.99. The molecular weight excluding hydrogens is 240 g/mol. The molecule has 18 heavy (non-hydrogen) atoms. The molecule has 100 valence electrons. The molecule has 0 aliphatic carbocycles. The zero-order valence-electron chi connectivity index (χ0n) is 10.6. The van der Waals surface area contributed by atoms with Gasteiger partial charge in [-0.25, -0.2) is 0 Å². The van der Waals surface area contributed by atoms with Crippen LogP contribution in [0.15, 0.2) is 6.20 Å². The van der Waals surface area contributed by atoms with Crippen molar-refractivity contribution in [1.82, 2.24) is 9.78 Å². The number of esters is 1. The molecule has 0 fully saturated rings. The van der Waals surface area contributed by atoms with E-state index in [1.807, 2.05) is 6.92 Å². The highest BCUT2D eigenvalue weighted by atomic mass is 16.6. The molecule has 0 N–H and O–H groups in total. The van der Waals surface area contributed by atoms with Crippen molar-refractivity contribution in [2.24, 2.45) is 7.05 Å². The Balaban J connectivity index is 3.04. The van der Waals surface area contributed by atoms with E-state index >= 15 is 0 Å². The number of anilines is 1. The van der Waals surface area contributed by atoms with E-state index in [1.165, 1.54) is 18.0 Å². The summed E-state index contributed by atoms with van der Waals surface area (Å²) < 4.78 is 5.93. The molecule has 1 aromatic heterocycles. The van der Waals surface area contributed by atoms with E-state index in [0.717, 1.165) is 6.42 Å². The predicted octanol–water partition coefficient (Wildman–Crippen LogP) is 0.718. The van der Waals surface area contributed by atoms with Crippen LogP contribution in [-0.4, -0.2) is 40.9 Å². The third kappa shape index (κ3) is 3.19. The number of carbonyl (C=O) groups excluding carboxylic acids is 1. The van der Waals surface area contributed by atoms with Crippen LogP contribution in [0.25, 0.3) is 0 Å². The molecule has 0 saturated carbocycles. The molecule has 0 aromatic carbocycles. The maximum Gasteiger partial charge on any atom is 0.330 e. The first-order chi connectivity index (χ1) is 8.49. The van der Waals surface area contributed by atoms with Gasteiger partial charge in [0.2, 0.25) is 5.82 Å². The van der Waals surface area contributed by atoms with Crippen LogP contribution >= 0.6 is 0 Å². The monoisotopic (exact) mass is 256 g/mol. The van der Waals surface area contributed by atoms with Crippen LogP contribution in [0.3, 0.4) is 0 Å². The average Bonchev–Trinajstić information content (AvgIpc) is 2.70. The van der Waals surface area contributed by atoms with Crippen molar-refractivity contribution >= 4 is 17.5 Å². The Labute approximate surface area is 104 Å². The van der Waals surface area contributed by atoms with Crippen LogP contribution in [0.2, 0.25) is 0 Å². The molecule has 8 nitrogen and oxygen atoms in total. The van der Waals surface area contributed by atoms with Crippen LogP contribution in [0.5, 0.6) is 0 Å². The number of nitrogens with zero attached hydrogens (tertiary/aromatic N) is 4. The molecule has 0 spiro atoms. The van der Waals surface area contributed by atoms with Crippen molar-refractivity contribution < 1.29 is 14.5 Å². The van der Waals surface area contributed by atoms with Crippen molar-refractivity contribution in [3.63, 3.8) is 0 Å². The Morgan fingerprint density at radius 3 is 2.83 bits per heavy atom. The lowest BCUT2D eigenvalue weighted by Crippen LogP contribution is -2.32. The Morgan fingerprint density at radius 2 is 2.33 bits per heavy atom. The minimum Gasteiger partial charge on any atom is -0.468 e. The number of aromatic nitrogens is 2. The lowest BCUT2D eigenvalue weighted by molar-refractivity contribution is -0.384. The molecule has 0 bridgehead atoms. The lowest BCUT2D eigenvalue weighted by atomic mass is 10.3.